The average Bonchev–Trinajstić information content (AvgIpc) is 3.36. The molecule has 2 atom stereocenters. The predicted octanol–water partition coefficient (Wildman–Crippen LogP) is 3.95. The first kappa shape index (κ1) is 16.9. The maximum atomic E-state index is 12.2. The predicted molar refractivity (Wildman–Crippen MR) is 101 cm³/mol. The molecule has 0 aromatic carbocycles. The molecule has 9 heteroatoms. The van der Waals surface area contributed by atoms with Crippen molar-refractivity contribution in [2.24, 2.45) is 5.92 Å². The highest BCUT2D eigenvalue weighted by Gasteiger charge is 2.29. The van der Waals surface area contributed by atoms with Crippen LogP contribution in [0.4, 0.5) is 5.82 Å². The number of hydrogen-bond acceptors (Lipinski definition) is 8. The second-order valence-corrected chi connectivity index (χ2v) is 7.82. The normalized spacial score (nSPS) is 19.4. The van der Waals surface area contributed by atoms with Gasteiger partial charge in [0.2, 0.25) is 5.89 Å². The Kier molecular flexibility index (Phi) is 4.56. The summed E-state index contributed by atoms with van der Waals surface area (Å²) < 4.78 is 9.16. The van der Waals surface area contributed by atoms with Gasteiger partial charge in [0.25, 0.3) is 5.91 Å². The molecular weight excluding hydrogens is 370 g/mol. The van der Waals surface area contributed by atoms with Crippen LogP contribution < -0.4 is 5.32 Å². The highest BCUT2D eigenvalue weighted by Crippen LogP contribution is 2.50. The lowest BCUT2D eigenvalue weighted by Crippen LogP contribution is -2.13. The minimum Gasteiger partial charge on any atom is -0.444 e. The van der Waals surface area contributed by atoms with Gasteiger partial charge >= 0.3 is 0 Å². The first-order valence-corrected chi connectivity index (χ1v) is 9.61. The SMILES string of the molecule is Cc1nnsc1C(=O)Nc1ccc(C2SC(c3ncco3)=CC2C)cn1. The third kappa shape index (κ3) is 3.27. The first-order chi connectivity index (χ1) is 12.6. The maximum Gasteiger partial charge on any atom is 0.270 e. The maximum absolute atomic E-state index is 12.2. The lowest BCUT2D eigenvalue weighted by Gasteiger charge is -2.15. The lowest BCUT2D eigenvalue weighted by atomic mass is 10.0. The van der Waals surface area contributed by atoms with Crippen molar-refractivity contribution in [3.63, 3.8) is 0 Å². The second-order valence-electron chi connectivity index (χ2n) is 5.88. The minimum absolute atomic E-state index is 0.238. The number of rotatable bonds is 4. The van der Waals surface area contributed by atoms with Crippen molar-refractivity contribution in [3.8, 4) is 0 Å². The topological polar surface area (TPSA) is 93.8 Å². The first-order valence-electron chi connectivity index (χ1n) is 7.96. The highest BCUT2D eigenvalue weighted by atomic mass is 32.2. The van der Waals surface area contributed by atoms with Crippen LogP contribution in [0.15, 0.2) is 41.3 Å². The molecule has 132 valence electrons. The van der Waals surface area contributed by atoms with Crippen molar-refractivity contribution in [2.75, 3.05) is 5.32 Å². The van der Waals surface area contributed by atoms with Crippen molar-refractivity contribution in [1.82, 2.24) is 19.6 Å². The van der Waals surface area contributed by atoms with Crippen molar-refractivity contribution >= 4 is 39.9 Å². The number of allylic oxidation sites excluding steroid dienone is 1. The van der Waals surface area contributed by atoms with E-state index >= 15 is 0 Å². The van der Waals surface area contributed by atoms with E-state index in [9.17, 15) is 4.79 Å². The van der Waals surface area contributed by atoms with Gasteiger partial charge in [0, 0.05) is 11.4 Å². The average molecular weight is 385 g/mol. The Morgan fingerprint density at radius 1 is 1.31 bits per heavy atom. The van der Waals surface area contributed by atoms with E-state index in [1.807, 2.05) is 12.1 Å². The van der Waals surface area contributed by atoms with Gasteiger partial charge in [-0.15, -0.1) is 16.9 Å². The fraction of sp³-hybridized carbons (Fsp3) is 0.235. The molecule has 0 fully saturated rings. The second kappa shape index (κ2) is 7.00. The van der Waals surface area contributed by atoms with E-state index in [4.69, 9.17) is 4.42 Å². The summed E-state index contributed by atoms with van der Waals surface area (Å²) in [6.45, 7) is 3.91. The number of nitrogens with zero attached hydrogens (tertiary/aromatic N) is 4. The van der Waals surface area contributed by atoms with E-state index in [0.29, 0.717) is 28.2 Å². The highest BCUT2D eigenvalue weighted by molar-refractivity contribution is 8.08. The van der Waals surface area contributed by atoms with Crippen LogP contribution in [0, 0.1) is 12.8 Å². The van der Waals surface area contributed by atoms with Crippen LogP contribution in [0.25, 0.3) is 4.91 Å². The number of thioether (sulfide) groups is 1. The van der Waals surface area contributed by atoms with Crippen LogP contribution >= 0.6 is 23.3 Å². The van der Waals surface area contributed by atoms with Gasteiger partial charge < -0.3 is 9.73 Å². The summed E-state index contributed by atoms with van der Waals surface area (Å²) in [5, 5.41) is 6.87. The molecule has 0 aliphatic carbocycles. The van der Waals surface area contributed by atoms with Gasteiger partial charge in [-0.25, -0.2) is 9.97 Å². The van der Waals surface area contributed by atoms with Gasteiger partial charge in [0.05, 0.1) is 16.8 Å². The number of anilines is 1. The summed E-state index contributed by atoms with van der Waals surface area (Å²) in [6, 6.07) is 3.80. The zero-order valence-electron chi connectivity index (χ0n) is 14.0. The molecule has 1 aliphatic heterocycles. The number of aromatic nitrogens is 4. The molecule has 0 spiro atoms. The molecule has 3 aromatic heterocycles. The molecule has 1 N–H and O–H groups in total. The fourth-order valence-corrected chi connectivity index (χ4v) is 4.60. The van der Waals surface area contributed by atoms with E-state index in [2.05, 4.69) is 37.9 Å². The standard InChI is InChI=1S/C17H15N5O2S2/c1-9-7-12(17-18-5-6-24-17)25-14(9)11-3-4-13(19-8-11)20-16(23)15-10(2)21-22-26-15/h3-9,14H,1-2H3,(H,19,20,23). The zero-order chi connectivity index (χ0) is 18.1. The van der Waals surface area contributed by atoms with Crippen molar-refractivity contribution in [2.45, 2.75) is 19.1 Å². The minimum atomic E-state index is -0.241. The molecule has 4 heterocycles. The number of aryl methyl sites for hydroxylation is 1. The number of nitrogens with one attached hydrogen (secondary N) is 1. The molecular formula is C17H15N5O2S2. The summed E-state index contributed by atoms with van der Waals surface area (Å²) in [5.41, 5.74) is 1.71. The molecule has 0 radical (unpaired) electrons. The molecule has 1 aliphatic rings. The number of carbonyl (C=O) groups is 1. The van der Waals surface area contributed by atoms with Gasteiger partial charge in [-0.05, 0) is 36.0 Å². The molecule has 26 heavy (non-hydrogen) atoms. The van der Waals surface area contributed by atoms with Crippen molar-refractivity contribution in [1.29, 1.82) is 0 Å². The quantitative estimate of drug-likeness (QED) is 0.727. The Balaban J connectivity index is 1.45. The summed E-state index contributed by atoms with van der Waals surface area (Å²) in [7, 11) is 0. The number of amides is 1. The Labute approximate surface area is 158 Å². The number of carbonyl (C=O) groups excluding carboxylic acids is 1. The Bertz CT molecular complexity index is 950. The molecule has 0 bridgehead atoms. The monoisotopic (exact) mass is 385 g/mol. The third-order valence-corrected chi connectivity index (χ3v) is 6.35. The van der Waals surface area contributed by atoms with Crippen LogP contribution in [-0.2, 0) is 0 Å². The van der Waals surface area contributed by atoms with E-state index in [0.717, 1.165) is 22.0 Å². The van der Waals surface area contributed by atoms with E-state index in [-0.39, 0.29) is 11.2 Å². The van der Waals surface area contributed by atoms with Gasteiger partial charge in [-0.2, -0.15) is 0 Å². The molecule has 4 rings (SSSR count). The Hall–Kier alpha value is -2.52. The number of hydrogen-bond donors (Lipinski definition) is 1. The zero-order valence-corrected chi connectivity index (χ0v) is 15.7. The molecule has 1 amide bonds. The summed E-state index contributed by atoms with van der Waals surface area (Å²) in [6.07, 6.45) is 7.19. The molecule has 0 saturated carbocycles. The fourth-order valence-electron chi connectivity index (χ4n) is 2.71. The number of pyridine rings is 1. The molecule has 7 nitrogen and oxygen atoms in total. The van der Waals surface area contributed by atoms with E-state index < -0.39 is 0 Å². The van der Waals surface area contributed by atoms with Crippen LogP contribution in [0.3, 0.4) is 0 Å². The third-order valence-electron chi connectivity index (χ3n) is 4.00. The van der Waals surface area contributed by atoms with Crippen LogP contribution in [0.2, 0.25) is 0 Å². The van der Waals surface area contributed by atoms with Crippen molar-refractivity contribution < 1.29 is 9.21 Å². The molecule has 2 unspecified atom stereocenters. The molecule has 3 aromatic rings. The lowest BCUT2D eigenvalue weighted by molar-refractivity contribution is 0.102. The smallest absolute Gasteiger partial charge is 0.270 e. The van der Waals surface area contributed by atoms with Gasteiger partial charge in [0.15, 0.2) is 0 Å². The molecule has 0 saturated heterocycles. The van der Waals surface area contributed by atoms with Crippen LogP contribution in [0.5, 0.6) is 0 Å². The van der Waals surface area contributed by atoms with Gasteiger partial charge in [-0.1, -0.05) is 23.6 Å². The van der Waals surface area contributed by atoms with Crippen LogP contribution in [-0.4, -0.2) is 25.5 Å². The largest absolute Gasteiger partial charge is 0.444 e. The van der Waals surface area contributed by atoms with Crippen LogP contribution in [0.1, 0.15) is 39.0 Å². The number of oxazole rings is 1. The van der Waals surface area contributed by atoms with E-state index in [1.54, 1.807) is 37.3 Å². The summed E-state index contributed by atoms with van der Waals surface area (Å²) >= 11 is 2.79. The van der Waals surface area contributed by atoms with Gasteiger partial charge in [-0.3, -0.25) is 4.79 Å². The van der Waals surface area contributed by atoms with E-state index in [1.165, 1.54) is 0 Å². The van der Waals surface area contributed by atoms with Gasteiger partial charge in [0.1, 0.15) is 17.0 Å². The summed E-state index contributed by atoms with van der Waals surface area (Å²) in [4.78, 5) is 22.3. The summed E-state index contributed by atoms with van der Waals surface area (Å²) in [5.74, 6) is 1.24. The van der Waals surface area contributed by atoms with Crippen molar-refractivity contribution in [3.05, 3.63) is 58.9 Å². The Morgan fingerprint density at radius 2 is 2.19 bits per heavy atom. The Morgan fingerprint density at radius 3 is 2.85 bits per heavy atom.